The Balaban J connectivity index is 1.70. The molecular formula is C21H20N2O5. The molecule has 0 spiro atoms. The molecular weight excluding hydrogens is 360 g/mol. The zero-order chi connectivity index (χ0) is 20.1. The highest BCUT2D eigenvalue weighted by Crippen LogP contribution is 2.23. The number of aromatic nitrogens is 2. The number of carbonyl (C=O) groups excluding carboxylic acids is 1. The lowest BCUT2D eigenvalue weighted by molar-refractivity contribution is -0.139. The van der Waals surface area contributed by atoms with E-state index in [0.29, 0.717) is 22.8 Å². The molecule has 1 aromatic carbocycles. The zero-order valence-electron chi connectivity index (χ0n) is 15.8. The summed E-state index contributed by atoms with van der Waals surface area (Å²) in [5.74, 6) is 0.681. The smallest absolute Gasteiger partial charge is 0.331 e. The predicted molar refractivity (Wildman–Crippen MR) is 105 cm³/mol. The Bertz CT molecular complexity index is 1080. The molecule has 144 valence electrons. The van der Waals surface area contributed by atoms with Gasteiger partial charge < -0.3 is 14.2 Å². The van der Waals surface area contributed by atoms with Gasteiger partial charge in [-0.1, -0.05) is 6.07 Å². The number of methoxy groups -OCH3 is 2. The molecule has 0 saturated carbocycles. The molecule has 0 aliphatic heterocycles. The number of nitrogens with zero attached hydrogens (tertiary/aromatic N) is 2. The summed E-state index contributed by atoms with van der Waals surface area (Å²) in [6, 6.07) is 12.0. The summed E-state index contributed by atoms with van der Waals surface area (Å²) in [4.78, 5) is 28.6. The number of ether oxygens (including phenoxy) is 3. The number of pyridine rings is 1. The molecule has 0 fully saturated rings. The number of rotatable bonds is 6. The summed E-state index contributed by atoms with van der Waals surface area (Å²) < 4.78 is 17.1. The Morgan fingerprint density at radius 2 is 1.82 bits per heavy atom. The van der Waals surface area contributed by atoms with Gasteiger partial charge in [-0.2, -0.15) is 0 Å². The van der Waals surface area contributed by atoms with Crippen molar-refractivity contribution in [3.63, 3.8) is 0 Å². The van der Waals surface area contributed by atoms with Crippen LogP contribution in [0.5, 0.6) is 11.5 Å². The monoisotopic (exact) mass is 380 g/mol. The van der Waals surface area contributed by atoms with Gasteiger partial charge in [-0.3, -0.25) is 9.20 Å². The van der Waals surface area contributed by atoms with E-state index < -0.39 is 5.97 Å². The van der Waals surface area contributed by atoms with Crippen molar-refractivity contribution in [1.82, 2.24) is 9.38 Å². The quantitative estimate of drug-likeness (QED) is 0.483. The lowest BCUT2D eigenvalue weighted by atomic mass is 10.2. The first-order valence-electron chi connectivity index (χ1n) is 8.56. The third-order valence-electron chi connectivity index (χ3n) is 4.08. The number of fused-ring (bicyclic) bond motifs is 1. The molecule has 0 bridgehead atoms. The van der Waals surface area contributed by atoms with Crippen LogP contribution in [0.4, 0.5) is 0 Å². The maximum absolute atomic E-state index is 12.2. The van der Waals surface area contributed by atoms with E-state index in [9.17, 15) is 9.59 Å². The second-order valence-corrected chi connectivity index (χ2v) is 6.03. The number of carbonyl (C=O) groups is 1. The molecule has 0 unspecified atom stereocenters. The molecule has 0 radical (unpaired) electrons. The molecule has 7 nitrogen and oxygen atoms in total. The highest BCUT2D eigenvalue weighted by molar-refractivity contribution is 5.87. The molecule has 0 saturated heterocycles. The Morgan fingerprint density at radius 1 is 1.11 bits per heavy atom. The lowest BCUT2D eigenvalue weighted by Crippen LogP contribution is -2.18. The van der Waals surface area contributed by atoms with Crippen LogP contribution in [-0.2, 0) is 16.1 Å². The van der Waals surface area contributed by atoms with E-state index in [0.717, 1.165) is 11.3 Å². The van der Waals surface area contributed by atoms with Crippen LogP contribution in [0.1, 0.15) is 17.0 Å². The minimum atomic E-state index is -0.548. The van der Waals surface area contributed by atoms with Gasteiger partial charge in [0.25, 0.3) is 5.56 Å². The van der Waals surface area contributed by atoms with E-state index >= 15 is 0 Å². The van der Waals surface area contributed by atoms with Crippen molar-refractivity contribution in [2.45, 2.75) is 13.5 Å². The van der Waals surface area contributed by atoms with Gasteiger partial charge in [-0.15, -0.1) is 0 Å². The maximum atomic E-state index is 12.2. The number of benzene rings is 1. The molecule has 0 amide bonds. The highest BCUT2D eigenvalue weighted by atomic mass is 16.5. The average Bonchev–Trinajstić information content (AvgIpc) is 2.70. The summed E-state index contributed by atoms with van der Waals surface area (Å²) in [7, 11) is 3.11. The van der Waals surface area contributed by atoms with Crippen LogP contribution in [-0.4, -0.2) is 29.6 Å². The Hall–Kier alpha value is -3.61. The minimum absolute atomic E-state index is 0.0930. The largest absolute Gasteiger partial charge is 0.497 e. The summed E-state index contributed by atoms with van der Waals surface area (Å²) in [6.45, 7) is 1.73. The van der Waals surface area contributed by atoms with Crippen LogP contribution < -0.4 is 15.0 Å². The number of hydrogen-bond acceptors (Lipinski definition) is 6. The number of aryl methyl sites for hydroxylation is 1. The molecule has 0 N–H and O–H groups in total. The van der Waals surface area contributed by atoms with E-state index in [-0.39, 0.29) is 12.2 Å². The highest BCUT2D eigenvalue weighted by Gasteiger charge is 2.06. The van der Waals surface area contributed by atoms with Crippen molar-refractivity contribution in [1.29, 1.82) is 0 Å². The first kappa shape index (κ1) is 19.2. The molecule has 7 heteroatoms. The second kappa shape index (κ2) is 8.39. The fourth-order valence-electron chi connectivity index (χ4n) is 2.72. The van der Waals surface area contributed by atoms with Crippen molar-refractivity contribution < 1.29 is 19.0 Å². The van der Waals surface area contributed by atoms with E-state index in [1.165, 1.54) is 16.5 Å². The van der Waals surface area contributed by atoms with Gasteiger partial charge >= 0.3 is 5.97 Å². The Kier molecular flexibility index (Phi) is 5.74. The first-order valence-corrected chi connectivity index (χ1v) is 8.56. The maximum Gasteiger partial charge on any atom is 0.331 e. The van der Waals surface area contributed by atoms with E-state index in [1.807, 2.05) is 19.1 Å². The van der Waals surface area contributed by atoms with Crippen LogP contribution in [0.3, 0.4) is 0 Å². The molecule has 0 aliphatic rings. The van der Waals surface area contributed by atoms with Crippen molar-refractivity contribution in [2.75, 3.05) is 14.2 Å². The van der Waals surface area contributed by atoms with Crippen molar-refractivity contribution >= 4 is 17.7 Å². The van der Waals surface area contributed by atoms with Crippen LogP contribution in [0, 0.1) is 6.92 Å². The average molecular weight is 380 g/mol. The van der Waals surface area contributed by atoms with Crippen LogP contribution in [0.15, 0.2) is 53.3 Å². The van der Waals surface area contributed by atoms with Crippen molar-refractivity contribution in [3.8, 4) is 11.5 Å². The third-order valence-corrected chi connectivity index (χ3v) is 4.08. The van der Waals surface area contributed by atoms with Crippen molar-refractivity contribution in [3.05, 3.63) is 75.8 Å². The van der Waals surface area contributed by atoms with Crippen molar-refractivity contribution in [2.24, 2.45) is 0 Å². The van der Waals surface area contributed by atoms with Gasteiger partial charge in [0.15, 0.2) is 0 Å². The minimum Gasteiger partial charge on any atom is -0.497 e. The van der Waals surface area contributed by atoms with Gasteiger partial charge in [-0.05, 0) is 42.8 Å². The topological polar surface area (TPSA) is 79.1 Å². The second-order valence-electron chi connectivity index (χ2n) is 6.03. The fraction of sp³-hybridized carbons (Fsp3) is 0.190. The SMILES string of the molecule is COc1cc(/C=C/C(=O)OCc2cc(=O)n3c(C)cccc3n2)cc(OC)c1. The van der Waals surface area contributed by atoms with Gasteiger partial charge in [0.2, 0.25) is 0 Å². The van der Waals surface area contributed by atoms with Crippen LogP contribution >= 0.6 is 0 Å². The Morgan fingerprint density at radius 3 is 2.50 bits per heavy atom. The number of hydrogen-bond donors (Lipinski definition) is 0. The van der Waals surface area contributed by atoms with Crippen LogP contribution in [0.2, 0.25) is 0 Å². The van der Waals surface area contributed by atoms with Gasteiger partial charge in [-0.25, -0.2) is 9.78 Å². The van der Waals surface area contributed by atoms with Gasteiger partial charge in [0.05, 0.1) is 19.9 Å². The normalized spacial score (nSPS) is 11.0. The molecule has 0 atom stereocenters. The predicted octanol–water partition coefficient (Wildman–Crippen LogP) is 2.78. The Labute approximate surface area is 161 Å². The van der Waals surface area contributed by atoms with E-state index in [4.69, 9.17) is 14.2 Å². The van der Waals surface area contributed by atoms with Crippen LogP contribution in [0.25, 0.3) is 11.7 Å². The first-order chi connectivity index (χ1) is 13.5. The molecule has 0 aliphatic carbocycles. The third kappa shape index (κ3) is 4.37. The fourth-order valence-corrected chi connectivity index (χ4v) is 2.72. The molecule has 3 rings (SSSR count). The summed E-state index contributed by atoms with van der Waals surface area (Å²) in [5.41, 5.74) is 2.20. The molecule has 2 heterocycles. The molecule has 28 heavy (non-hydrogen) atoms. The summed E-state index contributed by atoms with van der Waals surface area (Å²) in [6.07, 6.45) is 2.89. The lowest BCUT2D eigenvalue weighted by Gasteiger charge is -2.07. The standard InChI is InChI=1S/C21H20N2O5/c1-14-5-4-6-19-22-16(11-20(24)23(14)19)13-28-21(25)8-7-15-9-17(26-2)12-18(10-15)27-3/h4-12H,13H2,1-3H3/b8-7+. The number of esters is 1. The van der Waals surface area contributed by atoms with E-state index in [2.05, 4.69) is 4.98 Å². The van der Waals surface area contributed by atoms with Gasteiger partial charge in [0, 0.05) is 23.9 Å². The van der Waals surface area contributed by atoms with Gasteiger partial charge in [0.1, 0.15) is 23.8 Å². The van der Waals surface area contributed by atoms with E-state index in [1.54, 1.807) is 44.6 Å². The zero-order valence-corrected chi connectivity index (χ0v) is 15.8. The summed E-state index contributed by atoms with van der Waals surface area (Å²) in [5, 5.41) is 0. The molecule has 3 aromatic rings. The summed E-state index contributed by atoms with van der Waals surface area (Å²) >= 11 is 0. The molecule has 2 aromatic heterocycles.